The molecule has 0 saturated carbocycles. The van der Waals surface area contributed by atoms with Crippen LogP contribution in [0, 0.1) is 5.82 Å². The van der Waals surface area contributed by atoms with Gasteiger partial charge in [0.05, 0.1) is 5.41 Å². The van der Waals surface area contributed by atoms with Gasteiger partial charge in [-0.1, -0.05) is 18.2 Å². The zero-order valence-corrected chi connectivity index (χ0v) is 14.2. The maximum Gasteiger partial charge on any atom is 0.573 e. The van der Waals surface area contributed by atoms with Crippen LogP contribution in [0.2, 0.25) is 0 Å². The van der Waals surface area contributed by atoms with Gasteiger partial charge in [-0.25, -0.2) is 4.39 Å². The van der Waals surface area contributed by atoms with E-state index in [1.54, 1.807) is 12.1 Å². The third kappa shape index (κ3) is 4.57. The van der Waals surface area contributed by atoms with E-state index in [0.717, 1.165) is 12.1 Å². The number of anilines is 1. The predicted molar refractivity (Wildman–Crippen MR) is 89.9 cm³/mol. The first kappa shape index (κ1) is 19.2. The maximum atomic E-state index is 13.3. The lowest BCUT2D eigenvalue weighted by Crippen LogP contribution is -2.44. The summed E-state index contributed by atoms with van der Waals surface area (Å²) in [6.07, 6.45) is -4.06. The molecule has 1 saturated heterocycles. The smallest absolute Gasteiger partial charge is 0.406 e. The van der Waals surface area contributed by atoms with Gasteiger partial charge in [-0.05, 0) is 42.7 Å². The Bertz CT molecular complexity index is 799. The molecule has 1 heterocycles. The molecule has 1 amide bonds. The van der Waals surface area contributed by atoms with E-state index in [1.807, 2.05) is 0 Å². The van der Waals surface area contributed by atoms with E-state index < -0.39 is 23.3 Å². The molecule has 2 aromatic rings. The zero-order chi connectivity index (χ0) is 19.5. The third-order valence-electron chi connectivity index (χ3n) is 4.50. The van der Waals surface area contributed by atoms with Crippen LogP contribution < -0.4 is 10.1 Å². The van der Waals surface area contributed by atoms with Gasteiger partial charge in [0, 0.05) is 25.0 Å². The van der Waals surface area contributed by atoms with E-state index in [4.69, 9.17) is 4.74 Å². The van der Waals surface area contributed by atoms with Gasteiger partial charge in [0.1, 0.15) is 11.6 Å². The summed E-state index contributed by atoms with van der Waals surface area (Å²) in [7, 11) is 0. The predicted octanol–water partition coefficient (Wildman–Crippen LogP) is 4.41. The molecule has 0 atom stereocenters. The van der Waals surface area contributed by atoms with Crippen molar-refractivity contribution in [2.24, 2.45) is 0 Å². The van der Waals surface area contributed by atoms with Gasteiger partial charge in [-0.15, -0.1) is 13.2 Å². The van der Waals surface area contributed by atoms with Crippen molar-refractivity contribution in [2.45, 2.75) is 24.6 Å². The number of amides is 1. The van der Waals surface area contributed by atoms with Crippen LogP contribution in [0.1, 0.15) is 18.4 Å². The lowest BCUT2D eigenvalue weighted by Gasteiger charge is -2.36. The van der Waals surface area contributed by atoms with Crippen molar-refractivity contribution in [3.05, 3.63) is 59.9 Å². The second kappa shape index (κ2) is 7.56. The summed E-state index contributed by atoms with van der Waals surface area (Å²) in [6.45, 7) is 0.698. The molecule has 0 spiro atoms. The standard InChI is InChI=1S/C19H17F4NO3/c20-14-6-4-13(5-7-14)18(8-10-26-11-9-18)17(25)24-15-2-1-3-16(12-15)27-19(21,22)23/h1-7,12H,8-11H2,(H,24,25). The van der Waals surface area contributed by atoms with Crippen molar-refractivity contribution in [3.8, 4) is 5.75 Å². The number of ether oxygens (including phenoxy) is 2. The largest absolute Gasteiger partial charge is 0.573 e. The molecular weight excluding hydrogens is 366 g/mol. The molecule has 1 aliphatic rings. The number of carbonyl (C=O) groups is 1. The van der Waals surface area contributed by atoms with Crippen LogP contribution >= 0.6 is 0 Å². The van der Waals surface area contributed by atoms with Gasteiger partial charge in [0.15, 0.2) is 0 Å². The van der Waals surface area contributed by atoms with Crippen molar-refractivity contribution >= 4 is 11.6 Å². The number of rotatable bonds is 4. The molecule has 1 fully saturated rings. The van der Waals surface area contributed by atoms with Crippen LogP contribution in [-0.4, -0.2) is 25.5 Å². The van der Waals surface area contributed by atoms with Gasteiger partial charge in [0.25, 0.3) is 0 Å². The second-order valence-electron chi connectivity index (χ2n) is 6.23. The lowest BCUT2D eigenvalue weighted by atomic mass is 9.73. The van der Waals surface area contributed by atoms with Gasteiger partial charge < -0.3 is 14.8 Å². The molecule has 27 heavy (non-hydrogen) atoms. The fourth-order valence-electron chi connectivity index (χ4n) is 3.16. The SMILES string of the molecule is O=C(Nc1cccc(OC(F)(F)F)c1)C1(c2ccc(F)cc2)CCOCC1. The highest BCUT2D eigenvalue weighted by atomic mass is 19.4. The third-order valence-corrected chi connectivity index (χ3v) is 4.50. The number of halogens is 4. The van der Waals surface area contributed by atoms with E-state index in [0.29, 0.717) is 31.6 Å². The summed E-state index contributed by atoms with van der Waals surface area (Å²) in [5.74, 6) is -1.23. The normalized spacial score (nSPS) is 16.6. The van der Waals surface area contributed by atoms with Crippen LogP contribution in [0.25, 0.3) is 0 Å². The second-order valence-corrected chi connectivity index (χ2v) is 6.23. The molecule has 1 N–H and O–H groups in total. The highest BCUT2D eigenvalue weighted by Crippen LogP contribution is 2.36. The number of hydrogen-bond acceptors (Lipinski definition) is 3. The molecule has 0 radical (unpaired) electrons. The van der Waals surface area contributed by atoms with E-state index in [9.17, 15) is 22.4 Å². The van der Waals surface area contributed by atoms with Crippen LogP contribution in [0.15, 0.2) is 48.5 Å². The Balaban J connectivity index is 1.85. The number of carbonyl (C=O) groups excluding carboxylic acids is 1. The Morgan fingerprint density at radius 3 is 2.37 bits per heavy atom. The summed E-state index contributed by atoms with van der Waals surface area (Å²) in [5.41, 5.74) is -0.144. The summed E-state index contributed by atoms with van der Waals surface area (Å²) >= 11 is 0. The van der Waals surface area contributed by atoms with Crippen molar-refractivity contribution < 1.29 is 31.8 Å². The molecule has 0 aliphatic carbocycles. The molecule has 1 aliphatic heterocycles. The minimum Gasteiger partial charge on any atom is -0.406 e. The Labute approximate surface area is 153 Å². The minimum absolute atomic E-state index is 0.176. The fraction of sp³-hybridized carbons (Fsp3) is 0.316. The minimum atomic E-state index is -4.82. The first-order chi connectivity index (χ1) is 12.8. The summed E-state index contributed by atoms with van der Waals surface area (Å²) in [6, 6.07) is 10.7. The van der Waals surface area contributed by atoms with E-state index >= 15 is 0 Å². The molecule has 144 valence electrons. The van der Waals surface area contributed by atoms with E-state index in [-0.39, 0.29) is 11.6 Å². The number of hydrogen-bond donors (Lipinski definition) is 1. The zero-order valence-electron chi connectivity index (χ0n) is 14.2. The quantitative estimate of drug-likeness (QED) is 0.796. The summed E-state index contributed by atoms with van der Waals surface area (Å²) in [4.78, 5) is 13.0. The molecule has 0 aromatic heterocycles. The molecule has 0 bridgehead atoms. The van der Waals surface area contributed by atoms with Crippen molar-refractivity contribution in [2.75, 3.05) is 18.5 Å². The van der Waals surface area contributed by atoms with Gasteiger partial charge in [-0.3, -0.25) is 4.79 Å². The number of nitrogens with one attached hydrogen (secondary N) is 1. The Hall–Kier alpha value is -2.61. The van der Waals surface area contributed by atoms with Crippen LogP contribution in [0.5, 0.6) is 5.75 Å². The van der Waals surface area contributed by atoms with Crippen LogP contribution in [0.4, 0.5) is 23.2 Å². The molecule has 0 unspecified atom stereocenters. The fourth-order valence-corrected chi connectivity index (χ4v) is 3.16. The van der Waals surface area contributed by atoms with Crippen molar-refractivity contribution in [1.29, 1.82) is 0 Å². The Morgan fingerprint density at radius 2 is 1.74 bits per heavy atom. The highest BCUT2D eigenvalue weighted by Gasteiger charge is 2.42. The molecule has 8 heteroatoms. The average Bonchev–Trinajstić information content (AvgIpc) is 2.61. The number of benzene rings is 2. The first-order valence-electron chi connectivity index (χ1n) is 8.30. The van der Waals surface area contributed by atoms with Crippen LogP contribution in [0.3, 0.4) is 0 Å². The van der Waals surface area contributed by atoms with Gasteiger partial charge in [-0.2, -0.15) is 0 Å². The summed E-state index contributed by atoms with van der Waals surface area (Å²) in [5, 5.41) is 2.66. The Morgan fingerprint density at radius 1 is 1.07 bits per heavy atom. The van der Waals surface area contributed by atoms with E-state index in [2.05, 4.69) is 10.1 Å². The molecular formula is C19H17F4NO3. The van der Waals surface area contributed by atoms with Crippen LogP contribution in [-0.2, 0) is 14.9 Å². The first-order valence-corrected chi connectivity index (χ1v) is 8.30. The maximum absolute atomic E-state index is 13.3. The molecule has 4 nitrogen and oxygen atoms in total. The van der Waals surface area contributed by atoms with E-state index in [1.165, 1.54) is 24.3 Å². The van der Waals surface area contributed by atoms with Gasteiger partial charge in [0.2, 0.25) is 5.91 Å². The molecule has 2 aromatic carbocycles. The topological polar surface area (TPSA) is 47.6 Å². The Kier molecular flexibility index (Phi) is 5.36. The van der Waals surface area contributed by atoms with Gasteiger partial charge >= 0.3 is 6.36 Å². The van der Waals surface area contributed by atoms with Crippen molar-refractivity contribution in [1.82, 2.24) is 0 Å². The molecule has 3 rings (SSSR count). The summed E-state index contributed by atoms with van der Waals surface area (Å²) < 4.78 is 59.7. The van der Waals surface area contributed by atoms with Crippen molar-refractivity contribution in [3.63, 3.8) is 0 Å². The number of alkyl halides is 3. The average molecular weight is 383 g/mol. The monoisotopic (exact) mass is 383 g/mol. The lowest BCUT2D eigenvalue weighted by molar-refractivity contribution is -0.274. The highest BCUT2D eigenvalue weighted by molar-refractivity contribution is 5.99.